The summed E-state index contributed by atoms with van der Waals surface area (Å²) in [4.78, 5) is 10.6. The van der Waals surface area contributed by atoms with Gasteiger partial charge in [-0.3, -0.25) is 4.79 Å². The highest BCUT2D eigenvalue weighted by atomic mass is 16.1. The lowest BCUT2D eigenvalue weighted by molar-refractivity contribution is -0.119. The van der Waals surface area contributed by atoms with Crippen LogP contribution in [-0.4, -0.2) is 11.9 Å². The molecular weight excluding hydrogens is 138 g/mol. The van der Waals surface area contributed by atoms with Gasteiger partial charge in [-0.2, -0.15) is 0 Å². The zero-order valence-corrected chi connectivity index (χ0v) is 6.72. The zero-order valence-electron chi connectivity index (χ0n) is 6.72. The number of amides is 1. The molecule has 11 heavy (non-hydrogen) atoms. The predicted octanol–water partition coefficient (Wildman–Crippen LogP) is 1.09. The van der Waals surface area contributed by atoms with Gasteiger partial charge in [0.25, 0.3) is 0 Å². The van der Waals surface area contributed by atoms with Crippen LogP contribution in [0.5, 0.6) is 0 Å². The number of hydrogen-bond acceptors (Lipinski definition) is 1. The Kier molecular flexibility index (Phi) is 2.47. The monoisotopic (exact) mass is 149 g/mol. The maximum absolute atomic E-state index is 10.6. The van der Waals surface area contributed by atoms with Crippen molar-refractivity contribution in [3.8, 4) is 0 Å². The van der Waals surface area contributed by atoms with E-state index >= 15 is 0 Å². The lowest BCUT2D eigenvalue weighted by Gasteiger charge is -2.15. The van der Waals surface area contributed by atoms with Crippen LogP contribution in [0.4, 0.5) is 0 Å². The number of allylic oxidation sites excluding steroid dienone is 2. The second-order valence-electron chi connectivity index (χ2n) is 2.56. The molecule has 0 saturated carbocycles. The first kappa shape index (κ1) is 8.05. The number of rotatable bonds is 1. The van der Waals surface area contributed by atoms with Gasteiger partial charge in [0.15, 0.2) is 0 Å². The summed E-state index contributed by atoms with van der Waals surface area (Å²) in [5.74, 6) is -0.0261. The summed E-state index contributed by atoms with van der Waals surface area (Å²) >= 11 is 0. The molecular formula is C9H11NO. The summed E-state index contributed by atoms with van der Waals surface area (Å²) in [5, 5.41) is 2.73. The smallest absolute Gasteiger partial charge is 0.217 e. The fourth-order valence-corrected chi connectivity index (χ4v) is 0.956. The molecule has 1 aliphatic carbocycles. The maximum Gasteiger partial charge on any atom is 0.217 e. The third kappa shape index (κ3) is 2.58. The van der Waals surface area contributed by atoms with Crippen LogP contribution in [0.1, 0.15) is 13.8 Å². The molecule has 2 heteroatoms. The van der Waals surface area contributed by atoms with Crippen molar-refractivity contribution in [2.75, 3.05) is 0 Å². The average molecular weight is 149 g/mol. The fourth-order valence-electron chi connectivity index (χ4n) is 0.956. The van der Waals surface area contributed by atoms with Crippen LogP contribution in [0, 0.1) is 6.42 Å². The minimum atomic E-state index is -0.0440. The van der Waals surface area contributed by atoms with Crippen LogP contribution < -0.4 is 5.32 Å². The Morgan fingerprint density at radius 3 is 3.00 bits per heavy atom. The topological polar surface area (TPSA) is 29.1 Å². The first-order valence-electron chi connectivity index (χ1n) is 3.57. The van der Waals surface area contributed by atoms with Crippen molar-refractivity contribution in [3.05, 3.63) is 30.2 Å². The normalized spacial score (nSPS) is 22.7. The number of carbonyl (C=O) groups excluding carboxylic acids is 1. The van der Waals surface area contributed by atoms with Crippen LogP contribution in [0.15, 0.2) is 23.8 Å². The minimum Gasteiger partial charge on any atom is -0.349 e. The highest BCUT2D eigenvalue weighted by Gasteiger charge is 2.09. The molecule has 2 radical (unpaired) electrons. The Hall–Kier alpha value is -1.05. The summed E-state index contributed by atoms with van der Waals surface area (Å²) in [6, 6.07) is -0.0440. The molecule has 0 heterocycles. The Bertz CT molecular complexity index is 214. The highest BCUT2D eigenvalue weighted by molar-refractivity contribution is 5.74. The van der Waals surface area contributed by atoms with E-state index in [9.17, 15) is 4.79 Å². The van der Waals surface area contributed by atoms with Crippen molar-refractivity contribution in [1.82, 2.24) is 5.32 Å². The quantitative estimate of drug-likeness (QED) is 0.594. The molecule has 0 aliphatic heterocycles. The largest absolute Gasteiger partial charge is 0.349 e. The van der Waals surface area contributed by atoms with E-state index in [4.69, 9.17) is 0 Å². The molecule has 0 aromatic heterocycles. The molecule has 0 aromatic rings. The first-order valence-corrected chi connectivity index (χ1v) is 3.57. The van der Waals surface area contributed by atoms with Crippen LogP contribution in [0.25, 0.3) is 0 Å². The number of carbonyl (C=O) groups is 1. The van der Waals surface area contributed by atoms with Gasteiger partial charge in [-0.25, -0.2) is 0 Å². The molecule has 1 rings (SSSR count). The van der Waals surface area contributed by atoms with Crippen molar-refractivity contribution >= 4 is 5.91 Å². The molecule has 0 spiro atoms. The van der Waals surface area contributed by atoms with Crippen molar-refractivity contribution in [3.63, 3.8) is 0 Å². The summed E-state index contributed by atoms with van der Waals surface area (Å²) in [7, 11) is 0. The summed E-state index contributed by atoms with van der Waals surface area (Å²) in [5.41, 5.74) is 1.06. The van der Waals surface area contributed by atoms with E-state index in [2.05, 4.69) is 11.7 Å². The molecule has 1 unspecified atom stereocenters. The number of nitrogens with one attached hydrogen (secondary N) is 1. The van der Waals surface area contributed by atoms with Gasteiger partial charge < -0.3 is 5.32 Å². The van der Waals surface area contributed by atoms with E-state index in [0.29, 0.717) is 0 Å². The zero-order chi connectivity index (χ0) is 8.27. The first-order chi connectivity index (χ1) is 5.18. The molecule has 1 N–H and O–H groups in total. The summed E-state index contributed by atoms with van der Waals surface area (Å²) < 4.78 is 0. The molecule has 2 nitrogen and oxygen atoms in total. The lowest BCUT2D eigenvalue weighted by Crippen LogP contribution is -2.32. The van der Waals surface area contributed by atoms with E-state index in [-0.39, 0.29) is 11.9 Å². The lowest BCUT2D eigenvalue weighted by atomic mass is 10.0. The van der Waals surface area contributed by atoms with E-state index in [0.717, 1.165) is 5.57 Å². The van der Waals surface area contributed by atoms with Crippen LogP contribution in [-0.2, 0) is 4.79 Å². The fraction of sp³-hybridized carbons (Fsp3) is 0.333. The summed E-state index contributed by atoms with van der Waals surface area (Å²) in [6.45, 7) is 3.46. The molecule has 0 fully saturated rings. The van der Waals surface area contributed by atoms with Crippen molar-refractivity contribution < 1.29 is 4.79 Å². The van der Waals surface area contributed by atoms with Gasteiger partial charge in [0.05, 0.1) is 6.04 Å². The minimum absolute atomic E-state index is 0.0261. The van der Waals surface area contributed by atoms with E-state index in [1.54, 1.807) is 0 Å². The van der Waals surface area contributed by atoms with Gasteiger partial charge in [0, 0.05) is 13.3 Å². The van der Waals surface area contributed by atoms with Gasteiger partial charge in [0.1, 0.15) is 0 Å². The van der Waals surface area contributed by atoms with Crippen molar-refractivity contribution in [2.45, 2.75) is 19.9 Å². The van der Waals surface area contributed by atoms with Crippen LogP contribution >= 0.6 is 0 Å². The third-order valence-electron chi connectivity index (χ3n) is 1.39. The highest BCUT2D eigenvalue weighted by Crippen LogP contribution is 2.09. The number of hydrogen-bond donors (Lipinski definition) is 1. The Balaban J connectivity index is 2.46. The van der Waals surface area contributed by atoms with Gasteiger partial charge in [-0.1, -0.05) is 23.8 Å². The van der Waals surface area contributed by atoms with Crippen molar-refractivity contribution in [1.29, 1.82) is 0 Å². The molecule has 1 amide bonds. The molecule has 1 atom stereocenters. The second-order valence-corrected chi connectivity index (χ2v) is 2.56. The van der Waals surface area contributed by atoms with Crippen LogP contribution in [0.3, 0.4) is 0 Å². The summed E-state index contributed by atoms with van der Waals surface area (Å²) in [6.07, 6.45) is 8.87. The molecule has 0 saturated heterocycles. The van der Waals surface area contributed by atoms with Crippen molar-refractivity contribution in [2.24, 2.45) is 0 Å². The molecule has 0 aromatic carbocycles. The van der Waals surface area contributed by atoms with E-state index in [1.807, 2.05) is 25.2 Å². The molecule has 58 valence electrons. The van der Waals surface area contributed by atoms with E-state index in [1.165, 1.54) is 6.92 Å². The maximum atomic E-state index is 10.6. The second kappa shape index (κ2) is 3.37. The van der Waals surface area contributed by atoms with Gasteiger partial charge in [0.2, 0.25) is 5.91 Å². The predicted molar refractivity (Wildman–Crippen MR) is 43.7 cm³/mol. The Labute approximate surface area is 67.0 Å². The van der Waals surface area contributed by atoms with Crippen LogP contribution in [0.2, 0.25) is 0 Å². The Morgan fingerprint density at radius 2 is 2.45 bits per heavy atom. The average Bonchev–Trinajstić information content (AvgIpc) is 1.85. The van der Waals surface area contributed by atoms with Gasteiger partial charge >= 0.3 is 0 Å². The van der Waals surface area contributed by atoms with E-state index < -0.39 is 0 Å². The Morgan fingerprint density at radius 1 is 1.73 bits per heavy atom. The van der Waals surface area contributed by atoms with Gasteiger partial charge in [-0.15, -0.1) is 0 Å². The standard InChI is InChI=1S/C9H11NO/c1-7-4-3-5-9(6-7)10-8(2)11/h3-5,9H,1-2H3,(H,10,11). The molecule has 1 aliphatic rings. The third-order valence-corrected chi connectivity index (χ3v) is 1.39. The SMILES string of the molecule is CC(=O)NC1[C]C(C)=CC=C1. The molecule has 0 bridgehead atoms. The van der Waals surface area contributed by atoms with Gasteiger partial charge in [-0.05, 0) is 6.92 Å².